The third kappa shape index (κ3) is 2.91. The van der Waals surface area contributed by atoms with Crippen LogP contribution in [0.4, 0.5) is 4.39 Å². The molecule has 0 aromatic carbocycles. The number of alkyl halides is 1. The molecule has 1 rings (SSSR count). The van der Waals surface area contributed by atoms with Crippen molar-refractivity contribution >= 4 is 0 Å². The summed E-state index contributed by atoms with van der Waals surface area (Å²) >= 11 is 0. The average molecular weight is 173 g/mol. The van der Waals surface area contributed by atoms with E-state index in [4.69, 9.17) is 5.11 Å². The van der Waals surface area contributed by atoms with Crippen molar-refractivity contribution in [2.75, 3.05) is 26.2 Å². The van der Waals surface area contributed by atoms with Gasteiger partial charge in [0.05, 0.1) is 6.61 Å². The number of rotatable bonds is 3. The van der Waals surface area contributed by atoms with Gasteiger partial charge < -0.3 is 5.11 Å². The first-order valence-electron chi connectivity index (χ1n) is 4.35. The van der Waals surface area contributed by atoms with Crippen molar-refractivity contribution in [1.29, 1.82) is 0 Å². The second-order valence-electron chi connectivity index (χ2n) is 3.34. The molecule has 0 amide bonds. The molecule has 3 heteroatoms. The largest absolute Gasteiger partial charge is 0.393 e. The second kappa shape index (κ2) is 4.58. The van der Waals surface area contributed by atoms with Gasteiger partial charge in [0.1, 0.15) is 6.17 Å². The third-order valence-electron chi connectivity index (χ3n) is 2.17. The highest BCUT2D eigenvalue weighted by Gasteiger charge is 2.13. The highest BCUT2D eigenvalue weighted by atomic mass is 19.1. The maximum atomic E-state index is 12.7. The quantitative estimate of drug-likeness (QED) is 0.643. The van der Waals surface area contributed by atoms with Gasteiger partial charge in [-0.1, -0.05) is 11.6 Å². The molecule has 1 N–H and O–H groups in total. The Morgan fingerprint density at radius 1 is 1.75 bits per heavy atom. The highest BCUT2D eigenvalue weighted by Crippen LogP contribution is 2.10. The van der Waals surface area contributed by atoms with Gasteiger partial charge in [0, 0.05) is 19.6 Å². The lowest BCUT2D eigenvalue weighted by atomic mass is 10.1. The van der Waals surface area contributed by atoms with Crippen LogP contribution in [0.3, 0.4) is 0 Å². The molecule has 1 atom stereocenters. The zero-order valence-corrected chi connectivity index (χ0v) is 7.46. The molecule has 0 aromatic rings. The molecule has 1 aliphatic heterocycles. The Kier molecular flexibility index (Phi) is 3.69. The molecule has 12 heavy (non-hydrogen) atoms. The minimum absolute atomic E-state index is 0.361. The maximum Gasteiger partial charge on any atom is 0.136 e. The summed E-state index contributed by atoms with van der Waals surface area (Å²) in [6.07, 6.45) is 2.06. The van der Waals surface area contributed by atoms with Crippen molar-refractivity contribution in [2.24, 2.45) is 0 Å². The second-order valence-corrected chi connectivity index (χ2v) is 3.34. The van der Waals surface area contributed by atoms with E-state index < -0.39 is 6.17 Å². The minimum Gasteiger partial charge on any atom is -0.393 e. The first kappa shape index (κ1) is 9.68. The van der Waals surface area contributed by atoms with Crippen molar-refractivity contribution in [3.63, 3.8) is 0 Å². The van der Waals surface area contributed by atoms with Crippen molar-refractivity contribution < 1.29 is 9.50 Å². The van der Waals surface area contributed by atoms with E-state index in [9.17, 15) is 4.39 Å². The molecular weight excluding hydrogens is 157 g/mol. The molecule has 0 saturated carbocycles. The third-order valence-corrected chi connectivity index (χ3v) is 2.17. The smallest absolute Gasteiger partial charge is 0.136 e. The highest BCUT2D eigenvalue weighted by molar-refractivity contribution is 5.03. The van der Waals surface area contributed by atoms with Gasteiger partial charge in [0.25, 0.3) is 0 Å². The summed E-state index contributed by atoms with van der Waals surface area (Å²) in [5.41, 5.74) is 1.38. The van der Waals surface area contributed by atoms with E-state index in [-0.39, 0.29) is 6.61 Å². The summed E-state index contributed by atoms with van der Waals surface area (Å²) in [4.78, 5) is 2.02. The van der Waals surface area contributed by atoms with E-state index in [2.05, 4.69) is 13.0 Å². The fourth-order valence-electron chi connectivity index (χ4n) is 1.32. The van der Waals surface area contributed by atoms with E-state index >= 15 is 0 Å². The Bertz CT molecular complexity index is 170. The summed E-state index contributed by atoms with van der Waals surface area (Å²) in [5.74, 6) is 0. The van der Waals surface area contributed by atoms with E-state index in [0.717, 1.165) is 19.5 Å². The number of halogens is 1. The van der Waals surface area contributed by atoms with Crippen LogP contribution in [0.1, 0.15) is 13.3 Å². The lowest BCUT2D eigenvalue weighted by Crippen LogP contribution is -2.35. The van der Waals surface area contributed by atoms with Crippen LogP contribution < -0.4 is 0 Å². The van der Waals surface area contributed by atoms with Gasteiger partial charge in [-0.05, 0) is 13.3 Å². The van der Waals surface area contributed by atoms with Gasteiger partial charge in [-0.15, -0.1) is 0 Å². The first-order chi connectivity index (χ1) is 5.72. The summed E-state index contributed by atoms with van der Waals surface area (Å²) in [7, 11) is 0. The summed E-state index contributed by atoms with van der Waals surface area (Å²) in [6.45, 7) is 3.84. The molecule has 70 valence electrons. The number of hydrogen-bond acceptors (Lipinski definition) is 2. The molecule has 2 nitrogen and oxygen atoms in total. The van der Waals surface area contributed by atoms with E-state index in [1.807, 2.05) is 4.90 Å². The van der Waals surface area contributed by atoms with Crippen LogP contribution in [0.25, 0.3) is 0 Å². The van der Waals surface area contributed by atoms with E-state index in [0.29, 0.717) is 6.54 Å². The van der Waals surface area contributed by atoms with Crippen LogP contribution in [-0.4, -0.2) is 42.4 Å². The van der Waals surface area contributed by atoms with Crippen LogP contribution >= 0.6 is 0 Å². The normalized spacial score (nSPS) is 22.1. The minimum atomic E-state index is -1.09. The van der Waals surface area contributed by atoms with Crippen LogP contribution in [0.5, 0.6) is 0 Å². The zero-order chi connectivity index (χ0) is 8.97. The van der Waals surface area contributed by atoms with Gasteiger partial charge in [-0.25, -0.2) is 4.39 Å². The number of aliphatic hydroxyl groups excluding tert-OH is 1. The lowest BCUT2D eigenvalue weighted by molar-refractivity contribution is 0.130. The Labute approximate surface area is 72.7 Å². The molecule has 0 saturated heterocycles. The number of hydrogen-bond donors (Lipinski definition) is 1. The van der Waals surface area contributed by atoms with Crippen LogP contribution in [-0.2, 0) is 0 Å². The molecule has 0 radical (unpaired) electrons. The molecule has 1 aliphatic rings. The first-order valence-corrected chi connectivity index (χ1v) is 4.35. The Morgan fingerprint density at radius 3 is 3.00 bits per heavy atom. The topological polar surface area (TPSA) is 23.5 Å². The SMILES string of the molecule is CC1=CCN(CC(F)CO)CC1. The zero-order valence-electron chi connectivity index (χ0n) is 7.46. The summed E-state index contributed by atoms with van der Waals surface area (Å²) in [6, 6.07) is 0. The van der Waals surface area contributed by atoms with E-state index in [1.54, 1.807) is 0 Å². The van der Waals surface area contributed by atoms with Crippen LogP contribution in [0.15, 0.2) is 11.6 Å². The Morgan fingerprint density at radius 2 is 2.50 bits per heavy atom. The van der Waals surface area contributed by atoms with Gasteiger partial charge in [-0.2, -0.15) is 0 Å². The summed E-state index contributed by atoms with van der Waals surface area (Å²) in [5, 5.41) is 8.50. The molecule has 1 heterocycles. The molecule has 0 bridgehead atoms. The predicted molar refractivity (Wildman–Crippen MR) is 46.8 cm³/mol. The van der Waals surface area contributed by atoms with Gasteiger partial charge in [-0.3, -0.25) is 4.90 Å². The standard InChI is InChI=1S/C9H16FNO/c1-8-2-4-11(5-3-8)6-9(10)7-12/h2,9,12H,3-7H2,1H3. The van der Waals surface area contributed by atoms with Crippen molar-refractivity contribution in [1.82, 2.24) is 4.90 Å². The van der Waals surface area contributed by atoms with Crippen molar-refractivity contribution in [2.45, 2.75) is 19.5 Å². The monoisotopic (exact) mass is 173 g/mol. The average Bonchev–Trinajstić information content (AvgIpc) is 2.09. The fraction of sp³-hybridized carbons (Fsp3) is 0.778. The van der Waals surface area contributed by atoms with E-state index in [1.165, 1.54) is 5.57 Å². The Hall–Kier alpha value is -0.410. The van der Waals surface area contributed by atoms with Gasteiger partial charge in [0.15, 0.2) is 0 Å². The molecule has 0 aromatic heterocycles. The molecule has 0 fully saturated rings. The van der Waals surface area contributed by atoms with Crippen molar-refractivity contribution in [3.05, 3.63) is 11.6 Å². The lowest BCUT2D eigenvalue weighted by Gasteiger charge is -2.25. The number of nitrogens with zero attached hydrogens (tertiary/aromatic N) is 1. The van der Waals surface area contributed by atoms with Gasteiger partial charge in [0.2, 0.25) is 0 Å². The van der Waals surface area contributed by atoms with Crippen LogP contribution in [0, 0.1) is 0 Å². The van der Waals surface area contributed by atoms with Crippen molar-refractivity contribution in [3.8, 4) is 0 Å². The Balaban J connectivity index is 2.27. The fourth-order valence-corrected chi connectivity index (χ4v) is 1.32. The molecule has 1 unspecified atom stereocenters. The molecule has 0 aliphatic carbocycles. The van der Waals surface area contributed by atoms with Gasteiger partial charge >= 0.3 is 0 Å². The molecule has 0 spiro atoms. The molecular formula is C9H16FNO. The number of aliphatic hydroxyl groups is 1. The summed E-state index contributed by atoms with van der Waals surface area (Å²) < 4.78 is 12.7. The van der Waals surface area contributed by atoms with Crippen LogP contribution in [0.2, 0.25) is 0 Å². The maximum absolute atomic E-state index is 12.7. The predicted octanol–water partition coefficient (Wildman–Crippen LogP) is 0.969.